The van der Waals surface area contributed by atoms with Gasteiger partial charge in [0, 0.05) is 18.0 Å². The van der Waals surface area contributed by atoms with Crippen molar-refractivity contribution in [3.63, 3.8) is 0 Å². The minimum atomic E-state index is -0.521. The van der Waals surface area contributed by atoms with E-state index in [9.17, 15) is 5.11 Å². The van der Waals surface area contributed by atoms with Crippen LogP contribution in [0.15, 0.2) is 23.0 Å². The molecule has 102 valence electrons. The lowest BCUT2D eigenvalue weighted by molar-refractivity contribution is 0.120. The van der Waals surface area contributed by atoms with Crippen molar-refractivity contribution in [1.29, 1.82) is 0 Å². The molecule has 5 heteroatoms. The van der Waals surface area contributed by atoms with Crippen LogP contribution in [0.3, 0.4) is 0 Å². The summed E-state index contributed by atoms with van der Waals surface area (Å²) in [4.78, 5) is 8.46. The first-order valence-electron chi connectivity index (χ1n) is 6.43. The molecule has 2 aromatic rings. The SMILES string of the molecule is Cc1cnccc1-c1noc(C(C(C)C)C(C)O)n1. The molecule has 2 heterocycles. The first kappa shape index (κ1) is 13.7. The Hall–Kier alpha value is -1.75. The minimum absolute atomic E-state index is 0.150. The van der Waals surface area contributed by atoms with E-state index in [-0.39, 0.29) is 11.8 Å². The molecule has 0 saturated carbocycles. The predicted octanol–water partition coefficient (Wildman–Crippen LogP) is 2.56. The molecule has 0 spiro atoms. The van der Waals surface area contributed by atoms with E-state index >= 15 is 0 Å². The maximum atomic E-state index is 9.83. The molecule has 0 aliphatic carbocycles. The fourth-order valence-corrected chi connectivity index (χ4v) is 2.25. The van der Waals surface area contributed by atoms with Gasteiger partial charge in [-0.15, -0.1) is 0 Å². The molecule has 2 rings (SSSR count). The lowest BCUT2D eigenvalue weighted by Crippen LogP contribution is -2.20. The highest BCUT2D eigenvalue weighted by atomic mass is 16.5. The summed E-state index contributed by atoms with van der Waals surface area (Å²) < 4.78 is 5.32. The van der Waals surface area contributed by atoms with E-state index in [1.165, 1.54) is 0 Å². The molecule has 5 nitrogen and oxygen atoms in total. The molecule has 2 atom stereocenters. The van der Waals surface area contributed by atoms with E-state index in [0.29, 0.717) is 11.7 Å². The summed E-state index contributed by atoms with van der Waals surface area (Å²) in [5, 5.41) is 13.8. The smallest absolute Gasteiger partial charge is 0.232 e. The van der Waals surface area contributed by atoms with E-state index < -0.39 is 6.10 Å². The Bertz CT molecular complexity index is 541. The van der Waals surface area contributed by atoms with Crippen molar-refractivity contribution in [2.75, 3.05) is 0 Å². The number of aliphatic hydroxyl groups excluding tert-OH is 1. The molecular formula is C14H19N3O2. The number of hydrogen-bond acceptors (Lipinski definition) is 5. The molecule has 1 N–H and O–H groups in total. The Balaban J connectivity index is 2.36. The third-order valence-corrected chi connectivity index (χ3v) is 3.23. The van der Waals surface area contributed by atoms with Crippen LogP contribution in [0.2, 0.25) is 0 Å². The molecule has 0 fully saturated rings. The number of nitrogens with zero attached hydrogens (tertiary/aromatic N) is 3. The zero-order valence-corrected chi connectivity index (χ0v) is 11.7. The van der Waals surface area contributed by atoms with Gasteiger partial charge < -0.3 is 9.63 Å². The molecule has 0 bridgehead atoms. The number of pyridine rings is 1. The molecule has 0 aromatic carbocycles. The van der Waals surface area contributed by atoms with Crippen molar-refractivity contribution < 1.29 is 9.63 Å². The van der Waals surface area contributed by atoms with Crippen LogP contribution in [0.1, 0.15) is 38.1 Å². The molecule has 0 aliphatic rings. The van der Waals surface area contributed by atoms with Gasteiger partial charge in [0.05, 0.1) is 12.0 Å². The molecular weight excluding hydrogens is 242 g/mol. The zero-order valence-electron chi connectivity index (χ0n) is 11.7. The topological polar surface area (TPSA) is 72.0 Å². The number of rotatable bonds is 4. The van der Waals surface area contributed by atoms with E-state index in [4.69, 9.17) is 4.52 Å². The van der Waals surface area contributed by atoms with Crippen LogP contribution in [0.25, 0.3) is 11.4 Å². The van der Waals surface area contributed by atoms with Gasteiger partial charge in [0.2, 0.25) is 11.7 Å². The maximum absolute atomic E-state index is 9.83. The van der Waals surface area contributed by atoms with Crippen molar-refractivity contribution in [2.45, 2.75) is 39.7 Å². The van der Waals surface area contributed by atoms with Crippen molar-refractivity contribution >= 4 is 0 Å². The Labute approximate surface area is 112 Å². The highest BCUT2D eigenvalue weighted by Crippen LogP contribution is 2.29. The van der Waals surface area contributed by atoms with Gasteiger partial charge in [0.15, 0.2) is 0 Å². The zero-order chi connectivity index (χ0) is 14.0. The first-order chi connectivity index (χ1) is 9.00. The standard InChI is InChI=1S/C14H19N3O2/c1-8(2)12(10(4)18)14-16-13(17-19-14)11-5-6-15-7-9(11)3/h5-8,10,12,18H,1-4H3. The van der Waals surface area contributed by atoms with E-state index in [2.05, 4.69) is 15.1 Å². The number of hydrogen-bond donors (Lipinski definition) is 1. The fraction of sp³-hybridized carbons (Fsp3) is 0.500. The summed E-state index contributed by atoms with van der Waals surface area (Å²) in [6.07, 6.45) is 2.94. The molecule has 0 aliphatic heterocycles. The fourth-order valence-electron chi connectivity index (χ4n) is 2.25. The summed E-state index contributed by atoms with van der Waals surface area (Å²) in [6.45, 7) is 7.75. The van der Waals surface area contributed by atoms with Crippen LogP contribution >= 0.6 is 0 Å². The van der Waals surface area contributed by atoms with Crippen LogP contribution < -0.4 is 0 Å². The van der Waals surface area contributed by atoms with Gasteiger partial charge in [0.1, 0.15) is 0 Å². The summed E-state index contributed by atoms with van der Waals surface area (Å²) in [5.41, 5.74) is 1.89. The van der Waals surface area contributed by atoms with E-state index in [0.717, 1.165) is 11.1 Å². The highest BCUT2D eigenvalue weighted by molar-refractivity contribution is 5.57. The summed E-state index contributed by atoms with van der Waals surface area (Å²) >= 11 is 0. The van der Waals surface area contributed by atoms with Gasteiger partial charge in [-0.05, 0) is 31.4 Å². The van der Waals surface area contributed by atoms with Crippen molar-refractivity contribution in [2.24, 2.45) is 5.92 Å². The Morgan fingerprint density at radius 2 is 2.00 bits per heavy atom. The monoisotopic (exact) mass is 261 g/mol. The second kappa shape index (κ2) is 5.48. The first-order valence-corrected chi connectivity index (χ1v) is 6.43. The summed E-state index contributed by atoms with van der Waals surface area (Å²) in [6, 6.07) is 1.86. The van der Waals surface area contributed by atoms with Gasteiger partial charge in [-0.3, -0.25) is 4.98 Å². The molecule has 2 unspecified atom stereocenters. The van der Waals surface area contributed by atoms with Crippen LogP contribution in [-0.4, -0.2) is 26.3 Å². The van der Waals surface area contributed by atoms with Crippen LogP contribution in [0.5, 0.6) is 0 Å². The predicted molar refractivity (Wildman–Crippen MR) is 71.5 cm³/mol. The molecule has 19 heavy (non-hydrogen) atoms. The lowest BCUT2D eigenvalue weighted by atomic mass is 9.91. The normalized spacial score (nSPS) is 14.6. The number of aliphatic hydroxyl groups is 1. The second-order valence-corrected chi connectivity index (χ2v) is 5.16. The van der Waals surface area contributed by atoms with Crippen molar-refractivity contribution in [3.8, 4) is 11.4 Å². The van der Waals surface area contributed by atoms with Crippen LogP contribution in [0, 0.1) is 12.8 Å². The molecule has 0 saturated heterocycles. The van der Waals surface area contributed by atoms with E-state index in [1.54, 1.807) is 19.3 Å². The van der Waals surface area contributed by atoms with Gasteiger partial charge in [0.25, 0.3) is 0 Å². The molecule has 0 radical (unpaired) electrons. The van der Waals surface area contributed by atoms with Crippen LogP contribution in [0.4, 0.5) is 0 Å². The van der Waals surface area contributed by atoms with Gasteiger partial charge in [-0.1, -0.05) is 19.0 Å². The average Bonchev–Trinajstić information content (AvgIpc) is 2.77. The Morgan fingerprint density at radius 3 is 2.58 bits per heavy atom. The maximum Gasteiger partial charge on any atom is 0.232 e. The van der Waals surface area contributed by atoms with Crippen molar-refractivity contribution in [3.05, 3.63) is 29.9 Å². The van der Waals surface area contributed by atoms with Crippen molar-refractivity contribution in [1.82, 2.24) is 15.1 Å². The Morgan fingerprint density at radius 1 is 1.26 bits per heavy atom. The number of aryl methyl sites for hydroxylation is 1. The highest BCUT2D eigenvalue weighted by Gasteiger charge is 2.27. The lowest BCUT2D eigenvalue weighted by Gasteiger charge is -2.19. The third-order valence-electron chi connectivity index (χ3n) is 3.23. The largest absolute Gasteiger partial charge is 0.393 e. The number of aromatic nitrogens is 3. The van der Waals surface area contributed by atoms with Crippen LogP contribution in [-0.2, 0) is 0 Å². The van der Waals surface area contributed by atoms with Gasteiger partial charge >= 0.3 is 0 Å². The third kappa shape index (κ3) is 2.81. The Kier molecular flexibility index (Phi) is 3.95. The molecule has 0 amide bonds. The molecule has 2 aromatic heterocycles. The van der Waals surface area contributed by atoms with Gasteiger partial charge in [-0.25, -0.2) is 0 Å². The van der Waals surface area contributed by atoms with Gasteiger partial charge in [-0.2, -0.15) is 4.98 Å². The second-order valence-electron chi connectivity index (χ2n) is 5.16. The summed E-state index contributed by atoms with van der Waals surface area (Å²) in [7, 11) is 0. The minimum Gasteiger partial charge on any atom is -0.393 e. The average molecular weight is 261 g/mol. The quantitative estimate of drug-likeness (QED) is 0.915. The van der Waals surface area contributed by atoms with E-state index in [1.807, 2.05) is 26.8 Å². The summed E-state index contributed by atoms with van der Waals surface area (Å²) in [5.74, 6) is 1.10.